The Bertz CT molecular complexity index is 1140. The van der Waals surface area contributed by atoms with Crippen molar-refractivity contribution in [2.24, 2.45) is 0 Å². The Morgan fingerprint density at radius 1 is 0.862 bits per heavy atom. The maximum absolute atomic E-state index is 13.3. The van der Waals surface area contributed by atoms with E-state index in [4.69, 9.17) is 0 Å². The van der Waals surface area contributed by atoms with Crippen molar-refractivity contribution in [3.05, 3.63) is 95.6 Å². The molecule has 1 N–H and O–H groups in total. The zero-order valence-corrected chi connectivity index (χ0v) is 15.7. The molecule has 6 heteroatoms. The van der Waals surface area contributed by atoms with Gasteiger partial charge < -0.3 is 10.0 Å². The maximum Gasteiger partial charge on any atom is 0.256 e. The highest BCUT2D eigenvalue weighted by atomic mass is 16.3. The van der Waals surface area contributed by atoms with Gasteiger partial charge in [-0.1, -0.05) is 60.7 Å². The van der Waals surface area contributed by atoms with Gasteiger partial charge in [-0.2, -0.15) is 15.0 Å². The van der Waals surface area contributed by atoms with E-state index in [1.807, 2.05) is 78.9 Å². The first-order chi connectivity index (χ1) is 14.3. The number of benzene rings is 3. The summed E-state index contributed by atoms with van der Waals surface area (Å²) >= 11 is 0. The topological polar surface area (TPSA) is 71.2 Å². The monoisotopic (exact) mass is 384 g/mol. The van der Waals surface area contributed by atoms with E-state index in [0.29, 0.717) is 12.1 Å². The Hall–Kier alpha value is -3.51. The molecule has 1 amide bonds. The van der Waals surface area contributed by atoms with Crippen LogP contribution < -0.4 is 0 Å². The van der Waals surface area contributed by atoms with Gasteiger partial charge in [-0.3, -0.25) is 4.79 Å². The molecule has 0 aliphatic carbocycles. The molecule has 0 saturated heterocycles. The van der Waals surface area contributed by atoms with E-state index in [1.54, 1.807) is 9.70 Å². The lowest BCUT2D eigenvalue weighted by molar-refractivity contribution is 0.0637. The number of fused-ring (bicyclic) bond motifs is 2. The van der Waals surface area contributed by atoms with Crippen LogP contribution in [0.3, 0.4) is 0 Å². The van der Waals surface area contributed by atoms with Crippen molar-refractivity contribution in [3.63, 3.8) is 0 Å². The minimum atomic E-state index is -0.441. The number of aromatic nitrogens is 3. The van der Waals surface area contributed by atoms with Crippen LogP contribution in [0.2, 0.25) is 0 Å². The van der Waals surface area contributed by atoms with Crippen LogP contribution in [0.5, 0.6) is 0 Å². The molecule has 0 fully saturated rings. The van der Waals surface area contributed by atoms with E-state index in [0.717, 1.165) is 22.2 Å². The first-order valence-electron chi connectivity index (χ1n) is 9.63. The van der Waals surface area contributed by atoms with Gasteiger partial charge in [-0.05, 0) is 23.8 Å². The summed E-state index contributed by atoms with van der Waals surface area (Å²) in [5.41, 5.74) is 4.10. The molecular formula is C23H20N4O2. The summed E-state index contributed by atoms with van der Waals surface area (Å²) in [6, 6.07) is 25.0. The molecule has 2 heterocycles. The van der Waals surface area contributed by atoms with Crippen molar-refractivity contribution < 1.29 is 9.90 Å². The minimum Gasteiger partial charge on any atom is -0.396 e. The molecule has 1 unspecified atom stereocenters. The van der Waals surface area contributed by atoms with E-state index in [2.05, 4.69) is 10.2 Å². The molecule has 4 aromatic rings. The van der Waals surface area contributed by atoms with Gasteiger partial charge in [-0.25, -0.2) is 0 Å². The molecule has 0 spiro atoms. The highest BCUT2D eigenvalue weighted by Gasteiger charge is 2.40. The predicted molar refractivity (Wildman–Crippen MR) is 109 cm³/mol. The Balaban J connectivity index is 1.58. The molecule has 0 radical (unpaired) electrons. The van der Waals surface area contributed by atoms with Gasteiger partial charge in [-0.15, -0.1) is 0 Å². The van der Waals surface area contributed by atoms with Crippen LogP contribution in [-0.4, -0.2) is 44.1 Å². The standard InChI is InChI=1S/C23H20N4O2/c28-15-17(16-8-2-1-3-9-16)14-26-22(18-10-4-5-11-19(18)23(26)29)27-24-20-12-6-7-13-21(20)25-27/h1-13,17,22,28H,14-15H2/t17-,22?/m0/s1. The molecule has 3 aromatic carbocycles. The number of rotatable bonds is 5. The lowest BCUT2D eigenvalue weighted by Crippen LogP contribution is -2.37. The van der Waals surface area contributed by atoms with Gasteiger partial charge in [0.15, 0.2) is 6.17 Å². The molecule has 6 nitrogen and oxygen atoms in total. The van der Waals surface area contributed by atoms with E-state index >= 15 is 0 Å². The SMILES string of the molecule is O=C1c2ccccc2C(n2nc3ccccc3n2)N1C[C@@H](CO)c1ccccc1. The van der Waals surface area contributed by atoms with Gasteiger partial charge in [0.05, 0.1) is 6.61 Å². The summed E-state index contributed by atoms with van der Waals surface area (Å²) in [4.78, 5) is 16.6. The van der Waals surface area contributed by atoms with Crippen molar-refractivity contribution in [3.8, 4) is 0 Å². The fourth-order valence-electron chi connectivity index (χ4n) is 4.00. The first kappa shape index (κ1) is 17.6. The number of hydrogen-bond donors (Lipinski definition) is 1. The van der Waals surface area contributed by atoms with E-state index in [9.17, 15) is 9.90 Å². The van der Waals surface area contributed by atoms with Crippen LogP contribution >= 0.6 is 0 Å². The number of carbonyl (C=O) groups is 1. The molecule has 2 atom stereocenters. The number of amides is 1. The van der Waals surface area contributed by atoms with Crippen LogP contribution in [0.25, 0.3) is 11.0 Å². The summed E-state index contributed by atoms with van der Waals surface area (Å²) in [5, 5.41) is 19.3. The number of nitrogens with zero attached hydrogens (tertiary/aromatic N) is 4. The van der Waals surface area contributed by atoms with Crippen LogP contribution in [0.4, 0.5) is 0 Å². The summed E-state index contributed by atoms with van der Waals surface area (Å²) in [7, 11) is 0. The largest absolute Gasteiger partial charge is 0.396 e. The Kier molecular flexibility index (Phi) is 4.33. The Morgan fingerprint density at radius 2 is 1.48 bits per heavy atom. The third kappa shape index (κ3) is 2.98. The molecule has 1 aliphatic rings. The number of carbonyl (C=O) groups excluding carboxylic acids is 1. The second kappa shape index (κ2) is 7.14. The number of hydrogen-bond acceptors (Lipinski definition) is 4. The molecule has 5 rings (SSSR count). The van der Waals surface area contributed by atoms with Crippen molar-refractivity contribution in [2.75, 3.05) is 13.2 Å². The second-order valence-corrected chi connectivity index (χ2v) is 7.22. The highest BCUT2D eigenvalue weighted by Crippen LogP contribution is 2.36. The zero-order valence-electron chi connectivity index (χ0n) is 15.7. The highest BCUT2D eigenvalue weighted by molar-refractivity contribution is 5.99. The van der Waals surface area contributed by atoms with E-state index in [1.165, 1.54) is 0 Å². The summed E-state index contributed by atoms with van der Waals surface area (Å²) in [6.07, 6.45) is -0.441. The molecule has 1 aromatic heterocycles. The molecular weight excluding hydrogens is 364 g/mol. The van der Waals surface area contributed by atoms with Crippen LogP contribution in [0, 0.1) is 0 Å². The molecule has 0 saturated carbocycles. The lowest BCUT2D eigenvalue weighted by atomic mass is 9.99. The predicted octanol–water partition coefficient (Wildman–Crippen LogP) is 3.21. The minimum absolute atomic E-state index is 0.0502. The average molecular weight is 384 g/mol. The second-order valence-electron chi connectivity index (χ2n) is 7.22. The molecule has 0 bridgehead atoms. The van der Waals surface area contributed by atoms with Gasteiger partial charge in [0.1, 0.15) is 11.0 Å². The third-order valence-corrected chi connectivity index (χ3v) is 5.45. The molecule has 29 heavy (non-hydrogen) atoms. The fourth-order valence-corrected chi connectivity index (χ4v) is 4.00. The normalized spacial score (nSPS) is 16.9. The smallest absolute Gasteiger partial charge is 0.256 e. The number of aliphatic hydroxyl groups is 1. The van der Waals surface area contributed by atoms with Gasteiger partial charge in [0.25, 0.3) is 5.91 Å². The van der Waals surface area contributed by atoms with Gasteiger partial charge in [0.2, 0.25) is 0 Å². The van der Waals surface area contributed by atoms with Crippen molar-refractivity contribution >= 4 is 16.9 Å². The number of aliphatic hydroxyl groups excluding tert-OH is 1. The van der Waals surface area contributed by atoms with Crippen LogP contribution in [0.15, 0.2) is 78.9 Å². The first-order valence-corrected chi connectivity index (χ1v) is 9.63. The summed E-state index contributed by atoms with van der Waals surface area (Å²) < 4.78 is 0. The van der Waals surface area contributed by atoms with E-state index in [-0.39, 0.29) is 18.4 Å². The van der Waals surface area contributed by atoms with Crippen molar-refractivity contribution in [1.82, 2.24) is 19.9 Å². The van der Waals surface area contributed by atoms with Crippen molar-refractivity contribution in [1.29, 1.82) is 0 Å². The van der Waals surface area contributed by atoms with Crippen LogP contribution in [-0.2, 0) is 0 Å². The Labute approximate surface area is 168 Å². The third-order valence-electron chi connectivity index (χ3n) is 5.45. The zero-order chi connectivity index (χ0) is 19.8. The molecule has 144 valence electrons. The quantitative estimate of drug-likeness (QED) is 0.574. The molecule has 1 aliphatic heterocycles. The fraction of sp³-hybridized carbons (Fsp3) is 0.174. The van der Waals surface area contributed by atoms with E-state index < -0.39 is 6.17 Å². The lowest BCUT2D eigenvalue weighted by Gasteiger charge is -2.28. The Morgan fingerprint density at radius 3 is 2.17 bits per heavy atom. The van der Waals surface area contributed by atoms with Crippen molar-refractivity contribution in [2.45, 2.75) is 12.1 Å². The summed E-state index contributed by atoms with van der Waals surface area (Å²) in [6.45, 7) is 0.321. The summed E-state index contributed by atoms with van der Waals surface area (Å²) in [5.74, 6) is -0.261. The average Bonchev–Trinajstić information content (AvgIpc) is 3.31. The van der Waals surface area contributed by atoms with Gasteiger partial charge in [0, 0.05) is 23.6 Å². The van der Waals surface area contributed by atoms with Gasteiger partial charge >= 0.3 is 0 Å². The maximum atomic E-state index is 13.3. The van der Waals surface area contributed by atoms with Crippen LogP contribution in [0.1, 0.15) is 33.6 Å².